The van der Waals surface area contributed by atoms with Gasteiger partial charge in [0.25, 0.3) is 5.69 Å². The smallest absolute Gasteiger partial charge is 0.277 e. The molecule has 1 aliphatic heterocycles. The molecule has 1 aliphatic rings. The minimum atomic E-state index is -0.385. The molecule has 0 bridgehead atoms. The van der Waals surface area contributed by atoms with E-state index in [2.05, 4.69) is 15.2 Å². The summed E-state index contributed by atoms with van der Waals surface area (Å²) in [4.78, 5) is 16.9. The predicted octanol–water partition coefficient (Wildman–Crippen LogP) is 1.04. The first-order valence-electron chi connectivity index (χ1n) is 6.32. The van der Waals surface area contributed by atoms with Gasteiger partial charge in [0.1, 0.15) is 5.82 Å². The van der Waals surface area contributed by atoms with Crippen LogP contribution in [-0.2, 0) is 4.74 Å². The molecule has 0 unspecified atom stereocenters. The van der Waals surface area contributed by atoms with Gasteiger partial charge in [-0.1, -0.05) is 0 Å². The van der Waals surface area contributed by atoms with E-state index in [1.165, 1.54) is 12.3 Å². The van der Waals surface area contributed by atoms with Crippen LogP contribution in [0.2, 0.25) is 0 Å². The molecule has 1 aromatic heterocycles. The van der Waals surface area contributed by atoms with E-state index in [-0.39, 0.29) is 10.6 Å². The molecule has 1 N–H and O–H groups in total. The van der Waals surface area contributed by atoms with Crippen molar-refractivity contribution in [2.24, 2.45) is 0 Å². The van der Waals surface area contributed by atoms with Gasteiger partial charge in [0, 0.05) is 37.9 Å². The van der Waals surface area contributed by atoms with E-state index >= 15 is 0 Å². The van der Waals surface area contributed by atoms with Crippen molar-refractivity contribution in [3.63, 3.8) is 0 Å². The number of morpholine rings is 1. The monoisotopic (exact) mass is 266 g/mol. The molecule has 7 nitrogen and oxygen atoms in total. The van der Waals surface area contributed by atoms with Crippen molar-refractivity contribution < 1.29 is 9.66 Å². The number of nitrogens with zero attached hydrogens (tertiary/aromatic N) is 3. The van der Waals surface area contributed by atoms with Crippen LogP contribution in [0, 0.1) is 17.0 Å². The van der Waals surface area contributed by atoms with Crippen molar-refractivity contribution in [3.8, 4) is 0 Å². The van der Waals surface area contributed by atoms with E-state index in [9.17, 15) is 10.1 Å². The summed E-state index contributed by atoms with van der Waals surface area (Å²) in [6.07, 6.45) is 1.52. The molecule has 1 saturated heterocycles. The maximum absolute atomic E-state index is 10.8. The first kappa shape index (κ1) is 13.7. The summed E-state index contributed by atoms with van der Waals surface area (Å²) in [5.41, 5.74) is 0.674. The Hall–Kier alpha value is -1.73. The average Bonchev–Trinajstić information content (AvgIpc) is 2.41. The third kappa shape index (κ3) is 3.87. The van der Waals surface area contributed by atoms with Crippen molar-refractivity contribution in [1.29, 1.82) is 0 Å². The van der Waals surface area contributed by atoms with Crippen LogP contribution in [0.15, 0.2) is 12.3 Å². The Bertz CT molecular complexity index is 447. The number of aromatic nitrogens is 1. The Morgan fingerprint density at radius 1 is 1.53 bits per heavy atom. The molecule has 7 heteroatoms. The zero-order valence-electron chi connectivity index (χ0n) is 11.0. The van der Waals surface area contributed by atoms with Gasteiger partial charge in [0.2, 0.25) is 0 Å². The summed E-state index contributed by atoms with van der Waals surface area (Å²) in [6.45, 7) is 6.69. The van der Waals surface area contributed by atoms with Gasteiger partial charge in [-0.05, 0) is 6.92 Å². The Kier molecular flexibility index (Phi) is 4.64. The normalized spacial score (nSPS) is 16.3. The Balaban J connectivity index is 1.85. The lowest BCUT2D eigenvalue weighted by Gasteiger charge is -2.26. The molecular weight excluding hydrogens is 248 g/mol. The highest BCUT2D eigenvalue weighted by Gasteiger charge is 2.13. The topological polar surface area (TPSA) is 80.5 Å². The van der Waals surface area contributed by atoms with Crippen LogP contribution in [0.1, 0.15) is 5.56 Å². The number of hydrogen-bond acceptors (Lipinski definition) is 6. The fraction of sp³-hybridized carbons (Fsp3) is 0.583. The van der Waals surface area contributed by atoms with Crippen LogP contribution in [0.25, 0.3) is 0 Å². The second-order valence-electron chi connectivity index (χ2n) is 4.49. The third-order valence-electron chi connectivity index (χ3n) is 3.11. The van der Waals surface area contributed by atoms with Crippen molar-refractivity contribution in [3.05, 3.63) is 27.9 Å². The number of aryl methyl sites for hydroxylation is 1. The fourth-order valence-corrected chi connectivity index (χ4v) is 1.97. The molecule has 0 aliphatic carbocycles. The summed E-state index contributed by atoms with van der Waals surface area (Å²) in [5.74, 6) is 0.547. The molecule has 19 heavy (non-hydrogen) atoms. The van der Waals surface area contributed by atoms with Crippen molar-refractivity contribution in [2.75, 3.05) is 44.7 Å². The SMILES string of the molecule is Cc1cnc(NCCN2CCOCC2)cc1[N+](=O)[O-]. The Morgan fingerprint density at radius 2 is 2.26 bits per heavy atom. The van der Waals surface area contributed by atoms with Gasteiger partial charge >= 0.3 is 0 Å². The van der Waals surface area contributed by atoms with Crippen LogP contribution in [0.5, 0.6) is 0 Å². The Morgan fingerprint density at radius 3 is 2.95 bits per heavy atom. The first-order chi connectivity index (χ1) is 9.16. The van der Waals surface area contributed by atoms with E-state index in [1.54, 1.807) is 6.92 Å². The number of nitrogens with one attached hydrogen (secondary N) is 1. The number of pyridine rings is 1. The molecular formula is C12H18N4O3. The van der Waals surface area contributed by atoms with E-state index in [0.717, 1.165) is 32.8 Å². The number of hydrogen-bond donors (Lipinski definition) is 1. The van der Waals surface area contributed by atoms with Gasteiger partial charge in [-0.2, -0.15) is 0 Å². The highest BCUT2D eigenvalue weighted by molar-refractivity contribution is 5.48. The van der Waals surface area contributed by atoms with Gasteiger partial charge < -0.3 is 10.1 Å². The first-order valence-corrected chi connectivity index (χ1v) is 6.32. The summed E-state index contributed by atoms with van der Waals surface area (Å²) >= 11 is 0. The quantitative estimate of drug-likeness (QED) is 0.633. The molecule has 0 saturated carbocycles. The Labute approximate surface area is 111 Å². The standard InChI is InChI=1S/C12H18N4O3/c1-10-9-14-12(8-11(10)16(17)18)13-2-3-15-4-6-19-7-5-15/h8-9H,2-7H2,1H3,(H,13,14). The lowest BCUT2D eigenvalue weighted by atomic mass is 10.2. The number of rotatable bonds is 5. The number of nitro groups is 1. The van der Waals surface area contributed by atoms with Gasteiger partial charge in [0.15, 0.2) is 0 Å². The van der Waals surface area contributed by atoms with E-state index in [0.29, 0.717) is 17.9 Å². The summed E-state index contributed by atoms with van der Waals surface area (Å²) in [6, 6.07) is 1.48. The zero-order valence-corrected chi connectivity index (χ0v) is 11.0. The molecule has 0 atom stereocenters. The molecule has 0 amide bonds. The lowest BCUT2D eigenvalue weighted by Crippen LogP contribution is -2.39. The van der Waals surface area contributed by atoms with E-state index in [1.807, 2.05) is 0 Å². The summed E-state index contributed by atoms with van der Waals surface area (Å²) in [5, 5.41) is 13.9. The second-order valence-corrected chi connectivity index (χ2v) is 4.49. The lowest BCUT2D eigenvalue weighted by molar-refractivity contribution is -0.385. The van der Waals surface area contributed by atoms with Crippen LogP contribution < -0.4 is 5.32 Å². The largest absolute Gasteiger partial charge is 0.379 e. The molecule has 0 aromatic carbocycles. The van der Waals surface area contributed by atoms with Crippen LogP contribution >= 0.6 is 0 Å². The fourth-order valence-electron chi connectivity index (χ4n) is 1.97. The minimum absolute atomic E-state index is 0.101. The number of anilines is 1. The van der Waals surface area contributed by atoms with E-state index in [4.69, 9.17) is 4.74 Å². The zero-order chi connectivity index (χ0) is 13.7. The third-order valence-corrected chi connectivity index (χ3v) is 3.11. The summed E-state index contributed by atoms with van der Waals surface area (Å²) < 4.78 is 5.27. The van der Waals surface area contributed by atoms with Crippen LogP contribution in [-0.4, -0.2) is 54.2 Å². The van der Waals surface area contributed by atoms with Crippen LogP contribution in [0.4, 0.5) is 11.5 Å². The van der Waals surface area contributed by atoms with Gasteiger partial charge in [0.05, 0.1) is 24.2 Å². The molecule has 0 spiro atoms. The van der Waals surface area contributed by atoms with Crippen LogP contribution in [0.3, 0.4) is 0 Å². The highest BCUT2D eigenvalue weighted by Crippen LogP contribution is 2.19. The van der Waals surface area contributed by atoms with Crippen molar-refractivity contribution in [1.82, 2.24) is 9.88 Å². The van der Waals surface area contributed by atoms with Gasteiger partial charge in [-0.25, -0.2) is 4.98 Å². The minimum Gasteiger partial charge on any atom is -0.379 e. The highest BCUT2D eigenvalue weighted by atomic mass is 16.6. The molecule has 2 rings (SSSR count). The number of ether oxygens (including phenoxy) is 1. The molecule has 0 radical (unpaired) electrons. The van der Waals surface area contributed by atoms with Crippen molar-refractivity contribution in [2.45, 2.75) is 6.92 Å². The molecule has 104 valence electrons. The average molecular weight is 266 g/mol. The molecule has 1 fully saturated rings. The molecule has 2 heterocycles. The predicted molar refractivity (Wildman–Crippen MR) is 71.4 cm³/mol. The molecule has 1 aromatic rings. The maximum atomic E-state index is 10.8. The van der Waals surface area contributed by atoms with Gasteiger partial charge in [-0.3, -0.25) is 15.0 Å². The second kappa shape index (κ2) is 6.44. The van der Waals surface area contributed by atoms with Gasteiger partial charge in [-0.15, -0.1) is 0 Å². The van der Waals surface area contributed by atoms with Crippen molar-refractivity contribution >= 4 is 11.5 Å². The van der Waals surface area contributed by atoms with E-state index < -0.39 is 0 Å². The summed E-state index contributed by atoms with van der Waals surface area (Å²) in [7, 11) is 0. The maximum Gasteiger partial charge on any atom is 0.277 e.